The first-order valence-electron chi connectivity index (χ1n) is 9.55. The van der Waals surface area contributed by atoms with Gasteiger partial charge in [0.15, 0.2) is 11.6 Å². The monoisotopic (exact) mass is 408 g/mol. The standard InChI is InChI=1S/C21H16N10/c22-14-4-7-23-15-2-3-16(28-20(14)15)26-18-11-30-9-5-13(10-19(30)27-18)25-17-12-31-8-1-6-24-21(31)29-17/h1-12,25H,(H2,22,23)(H,26,28). The highest BCUT2D eigenvalue weighted by atomic mass is 15.2. The Labute approximate surface area is 175 Å². The van der Waals surface area contributed by atoms with Gasteiger partial charge < -0.3 is 20.8 Å². The van der Waals surface area contributed by atoms with Gasteiger partial charge in [-0.15, -0.1) is 0 Å². The van der Waals surface area contributed by atoms with Crippen molar-refractivity contribution in [2.75, 3.05) is 16.4 Å². The van der Waals surface area contributed by atoms with Gasteiger partial charge in [0, 0.05) is 36.5 Å². The Morgan fingerprint density at radius 3 is 2.61 bits per heavy atom. The Morgan fingerprint density at radius 1 is 0.774 bits per heavy atom. The van der Waals surface area contributed by atoms with Crippen molar-refractivity contribution in [2.24, 2.45) is 0 Å². The Balaban J connectivity index is 1.28. The zero-order valence-electron chi connectivity index (χ0n) is 16.1. The van der Waals surface area contributed by atoms with Crippen molar-refractivity contribution in [3.8, 4) is 0 Å². The van der Waals surface area contributed by atoms with Gasteiger partial charge >= 0.3 is 0 Å². The minimum atomic E-state index is 0.585. The summed E-state index contributed by atoms with van der Waals surface area (Å²) in [6.07, 6.45) is 11.0. The van der Waals surface area contributed by atoms with Crippen LogP contribution >= 0.6 is 0 Å². The molecule has 0 unspecified atom stereocenters. The summed E-state index contributed by atoms with van der Waals surface area (Å²) < 4.78 is 3.78. The summed E-state index contributed by atoms with van der Waals surface area (Å²) >= 11 is 0. The average Bonchev–Trinajstić information content (AvgIpc) is 3.36. The van der Waals surface area contributed by atoms with Gasteiger partial charge in [-0.2, -0.15) is 4.98 Å². The molecule has 0 aliphatic heterocycles. The molecule has 0 bridgehead atoms. The predicted molar refractivity (Wildman–Crippen MR) is 119 cm³/mol. The lowest BCUT2D eigenvalue weighted by atomic mass is 10.3. The van der Waals surface area contributed by atoms with Gasteiger partial charge in [-0.1, -0.05) is 0 Å². The molecule has 0 saturated heterocycles. The van der Waals surface area contributed by atoms with Gasteiger partial charge in [-0.25, -0.2) is 15.0 Å². The fraction of sp³-hybridized carbons (Fsp3) is 0. The van der Waals surface area contributed by atoms with E-state index in [1.165, 1.54) is 0 Å². The lowest BCUT2D eigenvalue weighted by Crippen LogP contribution is -1.97. The fourth-order valence-electron chi connectivity index (χ4n) is 3.40. The van der Waals surface area contributed by atoms with E-state index < -0.39 is 0 Å². The molecule has 10 heteroatoms. The van der Waals surface area contributed by atoms with Gasteiger partial charge in [0.25, 0.3) is 0 Å². The van der Waals surface area contributed by atoms with Gasteiger partial charge in [0.05, 0.1) is 23.6 Å². The minimum absolute atomic E-state index is 0.585. The maximum absolute atomic E-state index is 6.02. The van der Waals surface area contributed by atoms with E-state index in [1.807, 2.05) is 63.9 Å². The molecule has 0 saturated carbocycles. The second kappa shape index (κ2) is 6.66. The van der Waals surface area contributed by atoms with Crippen LogP contribution in [0.4, 0.5) is 28.8 Å². The molecule has 0 aliphatic rings. The zero-order valence-corrected chi connectivity index (χ0v) is 16.1. The molecule has 0 fully saturated rings. The Kier molecular flexibility index (Phi) is 3.69. The molecule has 4 N–H and O–H groups in total. The number of imidazole rings is 2. The highest BCUT2D eigenvalue weighted by molar-refractivity contribution is 5.87. The summed E-state index contributed by atoms with van der Waals surface area (Å²) in [5, 5.41) is 6.52. The molecule has 0 aromatic carbocycles. The number of nitrogens with zero attached hydrogens (tertiary/aromatic N) is 7. The van der Waals surface area contributed by atoms with Crippen LogP contribution in [0.15, 0.2) is 73.6 Å². The number of nitrogens with one attached hydrogen (secondary N) is 2. The summed E-state index contributed by atoms with van der Waals surface area (Å²) in [4.78, 5) is 22.2. The number of hydrogen-bond acceptors (Lipinski definition) is 8. The molecule has 0 atom stereocenters. The van der Waals surface area contributed by atoms with Crippen molar-refractivity contribution in [1.29, 1.82) is 0 Å². The smallest absolute Gasteiger partial charge is 0.235 e. The summed E-state index contributed by atoms with van der Waals surface area (Å²) in [6, 6.07) is 11.2. The average molecular weight is 408 g/mol. The van der Waals surface area contributed by atoms with E-state index in [4.69, 9.17) is 5.73 Å². The number of hydrogen-bond donors (Lipinski definition) is 3. The molecule has 6 aromatic rings. The third-order valence-electron chi connectivity index (χ3n) is 4.84. The molecule has 0 amide bonds. The van der Waals surface area contributed by atoms with E-state index in [0.29, 0.717) is 34.4 Å². The van der Waals surface area contributed by atoms with E-state index in [-0.39, 0.29) is 0 Å². The van der Waals surface area contributed by atoms with Crippen LogP contribution in [0.1, 0.15) is 0 Å². The fourth-order valence-corrected chi connectivity index (χ4v) is 3.40. The van der Waals surface area contributed by atoms with Crippen LogP contribution in [0, 0.1) is 0 Å². The van der Waals surface area contributed by atoms with Crippen LogP contribution in [-0.4, -0.2) is 33.7 Å². The lowest BCUT2D eigenvalue weighted by molar-refractivity contribution is 1.11. The third kappa shape index (κ3) is 3.12. The van der Waals surface area contributed by atoms with Gasteiger partial charge in [-0.05, 0) is 30.3 Å². The van der Waals surface area contributed by atoms with Gasteiger partial charge in [0.2, 0.25) is 5.78 Å². The molecular formula is C21H16N10. The topological polar surface area (TPSA) is 123 Å². The normalized spacial score (nSPS) is 11.4. The van der Waals surface area contributed by atoms with Crippen LogP contribution < -0.4 is 16.4 Å². The lowest BCUT2D eigenvalue weighted by Gasteiger charge is -2.04. The quantitative estimate of drug-likeness (QED) is 0.406. The van der Waals surface area contributed by atoms with Crippen LogP contribution in [0.25, 0.3) is 22.5 Å². The molecular weight excluding hydrogens is 392 g/mol. The third-order valence-corrected chi connectivity index (χ3v) is 4.84. The van der Waals surface area contributed by atoms with Crippen molar-refractivity contribution in [3.63, 3.8) is 0 Å². The molecule has 10 nitrogen and oxygen atoms in total. The molecule has 6 rings (SSSR count). The first-order valence-corrected chi connectivity index (χ1v) is 9.55. The second-order valence-electron chi connectivity index (χ2n) is 6.97. The summed E-state index contributed by atoms with van der Waals surface area (Å²) in [7, 11) is 0. The maximum atomic E-state index is 6.02. The first kappa shape index (κ1) is 17.2. The van der Waals surface area contributed by atoms with Crippen molar-refractivity contribution in [3.05, 3.63) is 73.6 Å². The van der Waals surface area contributed by atoms with Gasteiger partial charge in [0.1, 0.15) is 17.0 Å². The molecule has 0 aliphatic carbocycles. The Morgan fingerprint density at radius 2 is 1.68 bits per heavy atom. The van der Waals surface area contributed by atoms with Crippen molar-refractivity contribution >= 4 is 51.3 Å². The summed E-state index contributed by atoms with van der Waals surface area (Å²) in [5.41, 5.74) is 9.65. The number of nitrogen functional groups attached to an aromatic ring is 1. The number of aromatic nitrogens is 7. The van der Waals surface area contributed by atoms with Crippen molar-refractivity contribution in [1.82, 2.24) is 33.7 Å². The van der Waals surface area contributed by atoms with E-state index in [0.717, 1.165) is 16.9 Å². The number of fused-ring (bicyclic) bond motifs is 3. The number of nitrogens with two attached hydrogens (primary N) is 1. The van der Waals surface area contributed by atoms with E-state index >= 15 is 0 Å². The van der Waals surface area contributed by atoms with Crippen LogP contribution in [0.5, 0.6) is 0 Å². The van der Waals surface area contributed by atoms with Crippen LogP contribution in [-0.2, 0) is 0 Å². The van der Waals surface area contributed by atoms with Crippen molar-refractivity contribution < 1.29 is 0 Å². The first-order chi connectivity index (χ1) is 15.2. The van der Waals surface area contributed by atoms with Gasteiger partial charge in [-0.3, -0.25) is 9.38 Å². The molecule has 150 valence electrons. The van der Waals surface area contributed by atoms with E-state index in [1.54, 1.807) is 18.5 Å². The van der Waals surface area contributed by atoms with E-state index in [9.17, 15) is 0 Å². The summed E-state index contributed by atoms with van der Waals surface area (Å²) in [6.45, 7) is 0. The second-order valence-corrected chi connectivity index (χ2v) is 6.97. The van der Waals surface area contributed by atoms with Crippen LogP contribution in [0.3, 0.4) is 0 Å². The number of rotatable bonds is 4. The van der Waals surface area contributed by atoms with E-state index in [2.05, 4.69) is 35.6 Å². The zero-order chi connectivity index (χ0) is 20.8. The maximum Gasteiger partial charge on any atom is 0.235 e. The highest BCUT2D eigenvalue weighted by Crippen LogP contribution is 2.23. The SMILES string of the molecule is Nc1ccnc2ccc(Nc3cn4ccc(Nc5cn6cccnc6n5)cc4n3)nc12. The number of pyridine rings is 3. The van der Waals surface area contributed by atoms with Crippen molar-refractivity contribution in [2.45, 2.75) is 0 Å². The molecule has 0 radical (unpaired) electrons. The Hall–Kier alpha value is -4.73. The predicted octanol–water partition coefficient (Wildman–Crippen LogP) is 3.39. The summed E-state index contributed by atoms with van der Waals surface area (Å²) in [5.74, 6) is 2.66. The molecule has 6 aromatic heterocycles. The highest BCUT2D eigenvalue weighted by Gasteiger charge is 2.08. The largest absolute Gasteiger partial charge is 0.397 e. The number of anilines is 5. The molecule has 6 heterocycles. The van der Waals surface area contributed by atoms with Crippen LogP contribution in [0.2, 0.25) is 0 Å². The minimum Gasteiger partial charge on any atom is -0.397 e. The Bertz CT molecular complexity index is 1530. The molecule has 31 heavy (non-hydrogen) atoms. The molecule has 0 spiro atoms.